The first kappa shape index (κ1) is 10.0. The van der Waals surface area contributed by atoms with Crippen molar-refractivity contribution in [1.82, 2.24) is 5.06 Å². The normalized spacial score (nSPS) is 20.7. The van der Waals surface area contributed by atoms with Crippen LogP contribution in [0.5, 0.6) is 0 Å². The van der Waals surface area contributed by atoms with Crippen LogP contribution in [0.1, 0.15) is 18.0 Å². The van der Waals surface area contributed by atoms with Gasteiger partial charge >= 0.3 is 0 Å². The van der Waals surface area contributed by atoms with Crippen LogP contribution in [-0.2, 0) is 9.63 Å². The molecule has 2 rings (SSSR count). The van der Waals surface area contributed by atoms with E-state index < -0.39 is 17.7 Å². The van der Waals surface area contributed by atoms with Crippen LogP contribution in [0.2, 0.25) is 0 Å². The van der Waals surface area contributed by atoms with Crippen molar-refractivity contribution in [3.8, 4) is 0 Å². The number of hydroxylamine groups is 2. The lowest BCUT2D eigenvalue weighted by molar-refractivity contribution is -0.161. The van der Waals surface area contributed by atoms with Crippen molar-refractivity contribution in [1.29, 1.82) is 0 Å². The molecule has 1 heterocycles. The second-order valence-electron chi connectivity index (χ2n) is 3.31. The Hall–Kier alpha value is -1.49. The molecule has 1 fully saturated rings. The minimum atomic E-state index is -0.650. The van der Waals surface area contributed by atoms with Gasteiger partial charge < -0.3 is 0 Å². The van der Waals surface area contributed by atoms with Crippen molar-refractivity contribution in [2.24, 2.45) is 0 Å². The van der Waals surface area contributed by atoms with Crippen molar-refractivity contribution in [2.45, 2.75) is 12.5 Å². The number of carbonyl (C=O) groups is 1. The van der Waals surface area contributed by atoms with Crippen molar-refractivity contribution in [3.63, 3.8) is 0 Å². The fraction of sp³-hybridized carbons (Fsp3) is 0.300. The van der Waals surface area contributed by atoms with Crippen molar-refractivity contribution < 1.29 is 18.4 Å². The molecule has 80 valence electrons. The van der Waals surface area contributed by atoms with E-state index in [4.69, 9.17) is 4.84 Å². The van der Waals surface area contributed by atoms with Crippen LogP contribution in [0.3, 0.4) is 0 Å². The Labute approximate surface area is 85.2 Å². The molecule has 15 heavy (non-hydrogen) atoms. The van der Waals surface area contributed by atoms with Crippen molar-refractivity contribution >= 4 is 6.41 Å². The van der Waals surface area contributed by atoms with E-state index in [1.807, 2.05) is 0 Å². The highest BCUT2D eigenvalue weighted by Gasteiger charge is 2.26. The SMILES string of the molecule is O=CN1OCC[C@H]1c1cc(F)cc(F)c1. The van der Waals surface area contributed by atoms with Gasteiger partial charge in [0.1, 0.15) is 11.6 Å². The van der Waals surface area contributed by atoms with Gasteiger partial charge in [0.05, 0.1) is 12.6 Å². The van der Waals surface area contributed by atoms with Crippen LogP contribution in [-0.4, -0.2) is 18.1 Å². The van der Waals surface area contributed by atoms with Crippen LogP contribution in [0.25, 0.3) is 0 Å². The van der Waals surface area contributed by atoms with Gasteiger partial charge in [-0.2, -0.15) is 0 Å². The van der Waals surface area contributed by atoms with Crippen LogP contribution in [0, 0.1) is 11.6 Å². The fourth-order valence-electron chi connectivity index (χ4n) is 1.67. The number of carbonyl (C=O) groups excluding carboxylic acids is 1. The monoisotopic (exact) mass is 213 g/mol. The first-order chi connectivity index (χ1) is 7.20. The van der Waals surface area contributed by atoms with Gasteiger partial charge in [-0.3, -0.25) is 9.63 Å². The second kappa shape index (κ2) is 3.94. The van der Waals surface area contributed by atoms with Crippen LogP contribution < -0.4 is 0 Å². The maximum atomic E-state index is 12.9. The summed E-state index contributed by atoms with van der Waals surface area (Å²) in [5.41, 5.74) is 0.414. The minimum absolute atomic E-state index is 0.377. The largest absolute Gasteiger partial charge is 0.276 e. The van der Waals surface area contributed by atoms with Gasteiger partial charge in [-0.05, 0) is 17.7 Å². The number of hydrogen-bond donors (Lipinski definition) is 0. The van der Waals surface area contributed by atoms with Gasteiger partial charge in [-0.1, -0.05) is 0 Å². The highest BCUT2D eigenvalue weighted by Crippen LogP contribution is 2.29. The predicted molar refractivity (Wildman–Crippen MR) is 47.6 cm³/mol. The summed E-state index contributed by atoms with van der Waals surface area (Å²) >= 11 is 0. The smallest absolute Gasteiger partial charge is 0.233 e. The minimum Gasteiger partial charge on any atom is -0.276 e. The van der Waals surface area contributed by atoms with Crippen molar-refractivity contribution in [3.05, 3.63) is 35.4 Å². The molecule has 1 aromatic carbocycles. The number of benzene rings is 1. The molecule has 0 saturated carbocycles. The zero-order chi connectivity index (χ0) is 10.8. The number of amides is 1. The zero-order valence-corrected chi connectivity index (χ0v) is 7.82. The quantitative estimate of drug-likeness (QED) is 0.701. The molecule has 1 saturated heterocycles. The predicted octanol–water partition coefficient (Wildman–Crippen LogP) is 1.80. The Morgan fingerprint density at radius 3 is 2.60 bits per heavy atom. The summed E-state index contributed by atoms with van der Waals surface area (Å²) in [6.45, 7) is 0.377. The highest BCUT2D eigenvalue weighted by atomic mass is 19.1. The molecule has 0 aliphatic carbocycles. The van der Waals surface area contributed by atoms with E-state index in [-0.39, 0.29) is 0 Å². The zero-order valence-electron chi connectivity index (χ0n) is 7.82. The average Bonchev–Trinajstić information content (AvgIpc) is 2.63. The molecule has 0 N–H and O–H groups in total. The molecule has 1 amide bonds. The van der Waals surface area contributed by atoms with Gasteiger partial charge in [0.15, 0.2) is 0 Å². The maximum Gasteiger partial charge on any atom is 0.233 e. The Morgan fingerprint density at radius 2 is 2.00 bits per heavy atom. The molecule has 1 aliphatic rings. The van der Waals surface area contributed by atoms with E-state index in [1.165, 1.54) is 12.1 Å². The van der Waals surface area contributed by atoms with Gasteiger partial charge in [0.2, 0.25) is 6.41 Å². The van der Waals surface area contributed by atoms with E-state index in [2.05, 4.69) is 0 Å². The summed E-state index contributed by atoms with van der Waals surface area (Å²) < 4.78 is 25.8. The first-order valence-corrected chi connectivity index (χ1v) is 4.53. The van der Waals surface area contributed by atoms with Crippen LogP contribution in [0.4, 0.5) is 8.78 Å². The number of hydrogen-bond acceptors (Lipinski definition) is 2. The number of nitrogens with zero attached hydrogens (tertiary/aromatic N) is 1. The number of rotatable bonds is 2. The third-order valence-corrected chi connectivity index (χ3v) is 2.31. The lowest BCUT2D eigenvalue weighted by Gasteiger charge is -2.17. The molecular weight excluding hydrogens is 204 g/mol. The van der Waals surface area contributed by atoms with E-state index in [0.717, 1.165) is 11.1 Å². The summed E-state index contributed by atoms with van der Waals surface area (Å²) in [5.74, 6) is -1.30. The number of halogens is 2. The van der Waals surface area contributed by atoms with Gasteiger partial charge in [-0.25, -0.2) is 13.8 Å². The molecule has 1 aliphatic heterocycles. The first-order valence-electron chi connectivity index (χ1n) is 4.53. The Bertz CT molecular complexity index is 363. The van der Waals surface area contributed by atoms with Gasteiger partial charge in [0, 0.05) is 12.5 Å². The van der Waals surface area contributed by atoms with E-state index >= 15 is 0 Å². The molecule has 1 atom stereocenters. The lowest BCUT2D eigenvalue weighted by Crippen LogP contribution is -2.20. The second-order valence-corrected chi connectivity index (χ2v) is 3.31. The van der Waals surface area contributed by atoms with E-state index in [0.29, 0.717) is 25.0 Å². The summed E-state index contributed by atoms with van der Waals surface area (Å²) in [5, 5.41) is 1.08. The average molecular weight is 213 g/mol. The molecule has 0 spiro atoms. The standard InChI is InChI=1S/C10H9F2NO2/c11-8-3-7(4-9(12)5-8)10-1-2-15-13(10)6-14/h3-6,10H,1-2H2/t10-/m0/s1. The summed E-state index contributed by atoms with van der Waals surface area (Å²) in [6, 6.07) is 2.82. The summed E-state index contributed by atoms with van der Waals surface area (Å²) in [6.07, 6.45) is 1.06. The Kier molecular flexibility index (Phi) is 2.64. The van der Waals surface area contributed by atoms with Crippen molar-refractivity contribution in [2.75, 3.05) is 6.61 Å². The molecule has 3 nitrogen and oxygen atoms in total. The molecule has 0 aromatic heterocycles. The van der Waals surface area contributed by atoms with Gasteiger partial charge in [0.25, 0.3) is 0 Å². The molecule has 1 aromatic rings. The van der Waals surface area contributed by atoms with Crippen LogP contribution in [0.15, 0.2) is 18.2 Å². The Morgan fingerprint density at radius 1 is 1.33 bits per heavy atom. The van der Waals surface area contributed by atoms with E-state index in [9.17, 15) is 13.6 Å². The molecular formula is C10H9F2NO2. The topological polar surface area (TPSA) is 29.5 Å². The van der Waals surface area contributed by atoms with E-state index in [1.54, 1.807) is 0 Å². The maximum absolute atomic E-state index is 12.9. The summed E-state index contributed by atoms with van der Waals surface area (Å²) in [4.78, 5) is 15.5. The third kappa shape index (κ3) is 1.97. The molecule has 0 radical (unpaired) electrons. The third-order valence-electron chi connectivity index (χ3n) is 2.31. The fourth-order valence-corrected chi connectivity index (χ4v) is 1.67. The molecule has 5 heteroatoms. The van der Waals surface area contributed by atoms with Crippen LogP contribution >= 0.6 is 0 Å². The molecule has 0 bridgehead atoms. The molecule has 0 unspecified atom stereocenters. The van der Waals surface area contributed by atoms with Gasteiger partial charge in [-0.15, -0.1) is 0 Å². The summed E-state index contributed by atoms with van der Waals surface area (Å²) in [7, 11) is 0. The Balaban J connectivity index is 2.32. The lowest BCUT2D eigenvalue weighted by atomic mass is 10.0. The highest BCUT2D eigenvalue weighted by molar-refractivity contribution is 5.47.